The standard InChI is InChI=1S/C34H46N4O3S/c1-21-16-22(2)18-23(17-21)29-27(20-36-12-14-37(15-13-36)32(40)41-33(3,4)5)26-19-28(42-30(26)35-29)34(6,7)31(39)38-24-8-9-25(38)11-10-24/h16-19,24-25,35H,8-15,20H2,1-7H3. The lowest BCUT2D eigenvalue weighted by Gasteiger charge is -2.35. The largest absolute Gasteiger partial charge is 0.444 e. The molecule has 2 amide bonds. The highest BCUT2D eigenvalue weighted by molar-refractivity contribution is 7.19. The number of aryl methyl sites for hydroxylation is 2. The first-order valence-corrected chi connectivity index (χ1v) is 16.4. The SMILES string of the molecule is Cc1cc(C)cc(-c2[nH]c3sc(C(C)(C)C(=O)N4C5CCC4CC5)cc3c2CN2CCN(C(=O)OC(C)(C)C)CC2)c1. The maximum absolute atomic E-state index is 13.9. The van der Waals surface area contributed by atoms with E-state index in [0.717, 1.165) is 60.7 Å². The van der Waals surface area contributed by atoms with Crippen LogP contribution in [0.5, 0.6) is 0 Å². The predicted octanol–water partition coefficient (Wildman–Crippen LogP) is 7.00. The summed E-state index contributed by atoms with van der Waals surface area (Å²) in [4.78, 5) is 39.1. The zero-order valence-corrected chi connectivity index (χ0v) is 27.1. The summed E-state index contributed by atoms with van der Waals surface area (Å²) in [7, 11) is 0. The van der Waals surface area contributed by atoms with E-state index in [-0.39, 0.29) is 12.0 Å². The molecule has 2 bridgehead atoms. The van der Waals surface area contributed by atoms with E-state index in [9.17, 15) is 9.59 Å². The number of aromatic nitrogens is 1. The molecule has 7 nitrogen and oxygen atoms in total. The Balaban J connectivity index is 1.30. The summed E-state index contributed by atoms with van der Waals surface area (Å²) in [5, 5.41) is 1.21. The summed E-state index contributed by atoms with van der Waals surface area (Å²) in [6.07, 6.45) is 4.39. The van der Waals surface area contributed by atoms with Gasteiger partial charge in [-0.25, -0.2) is 4.79 Å². The molecule has 3 saturated heterocycles. The molecule has 8 heteroatoms. The van der Waals surface area contributed by atoms with Crippen molar-refractivity contribution in [3.05, 3.63) is 45.8 Å². The average molecular weight is 591 g/mol. The highest BCUT2D eigenvalue weighted by Gasteiger charge is 2.47. The molecular weight excluding hydrogens is 544 g/mol. The number of hydrogen-bond donors (Lipinski definition) is 1. The quantitative estimate of drug-likeness (QED) is 0.348. The first kappa shape index (κ1) is 29.2. The van der Waals surface area contributed by atoms with Crippen LogP contribution in [0.15, 0.2) is 24.3 Å². The van der Waals surface area contributed by atoms with Gasteiger partial charge in [0.15, 0.2) is 0 Å². The van der Waals surface area contributed by atoms with Crippen LogP contribution in [0.2, 0.25) is 0 Å². The van der Waals surface area contributed by atoms with Gasteiger partial charge in [-0.2, -0.15) is 0 Å². The Morgan fingerprint density at radius 2 is 1.50 bits per heavy atom. The summed E-state index contributed by atoms with van der Waals surface area (Å²) in [6.45, 7) is 17.9. The zero-order chi connectivity index (χ0) is 30.0. The highest BCUT2D eigenvalue weighted by Crippen LogP contribution is 2.44. The summed E-state index contributed by atoms with van der Waals surface area (Å²) in [5.74, 6) is 0.283. The lowest BCUT2D eigenvalue weighted by Crippen LogP contribution is -2.49. The third-order valence-electron chi connectivity index (χ3n) is 9.35. The van der Waals surface area contributed by atoms with E-state index >= 15 is 0 Å². The maximum Gasteiger partial charge on any atom is 0.410 e. The van der Waals surface area contributed by atoms with Gasteiger partial charge < -0.3 is 19.5 Å². The highest BCUT2D eigenvalue weighted by atomic mass is 32.1. The number of nitrogens with zero attached hydrogens (tertiary/aromatic N) is 3. The van der Waals surface area contributed by atoms with Crippen LogP contribution >= 0.6 is 11.3 Å². The normalized spacial score (nSPS) is 21.5. The van der Waals surface area contributed by atoms with Gasteiger partial charge in [0.05, 0.1) is 11.1 Å². The Morgan fingerprint density at radius 3 is 2.07 bits per heavy atom. The summed E-state index contributed by atoms with van der Waals surface area (Å²) in [6, 6.07) is 9.86. The fourth-order valence-corrected chi connectivity index (χ4v) is 8.36. The van der Waals surface area contributed by atoms with Crippen LogP contribution in [0.3, 0.4) is 0 Å². The molecular formula is C34H46N4O3S. The van der Waals surface area contributed by atoms with E-state index in [0.29, 0.717) is 25.2 Å². The molecule has 0 unspecified atom stereocenters. The fourth-order valence-electron chi connectivity index (χ4n) is 7.18. The number of carbonyl (C=O) groups is 2. The van der Waals surface area contributed by atoms with E-state index in [2.05, 4.69) is 66.7 Å². The third kappa shape index (κ3) is 5.48. The first-order chi connectivity index (χ1) is 19.8. The van der Waals surface area contributed by atoms with Crippen LogP contribution in [0, 0.1) is 13.8 Å². The Morgan fingerprint density at radius 1 is 0.905 bits per heavy atom. The van der Waals surface area contributed by atoms with Crippen molar-refractivity contribution < 1.29 is 14.3 Å². The van der Waals surface area contributed by atoms with Gasteiger partial charge in [-0.1, -0.05) is 17.2 Å². The molecule has 0 spiro atoms. The number of hydrogen-bond acceptors (Lipinski definition) is 5. The molecule has 0 saturated carbocycles. The summed E-state index contributed by atoms with van der Waals surface area (Å²) >= 11 is 1.73. The molecule has 6 rings (SSSR count). The summed E-state index contributed by atoms with van der Waals surface area (Å²) < 4.78 is 5.62. The van der Waals surface area contributed by atoms with Gasteiger partial charge in [-0.15, -0.1) is 11.3 Å². The zero-order valence-electron chi connectivity index (χ0n) is 26.3. The van der Waals surface area contributed by atoms with Crippen molar-refractivity contribution in [1.82, 2.24) is 19.7 Å². The lowest BCUT2D eigenvalue weighted by atomic mass is 9.88. The average Bonchev–Trinajstić information content (AvgIpc) is 3.68. The van der Waals surface area contributed by atoms with Crippen molar-refractivity contribution in [3.8, 4) is 11.3 Å². The molecule has 0 aliphatic carbocycles. The number of carbonyl (C=O) groups excluding carboxylic acids is 2. The number of aromatic amines is 1. The van der Waals surface area contributed by atoms with Crippen molar-refractivity contribution in [3.63, 3.8) is 0 Å². The summed E-state index contributed by atoms with van der Waals surface area (Å²) in [5.41, 5.74) is 5.06. The van der Waals surface area contributed by atoms with E-state index in [1.54, 1.807) is 11.3 Å². The van der Waals surface area contributed by atoms with Crippen molar-refractivity contribution >= 4 is 33.6 Å². The molecule has 42 heavy (non-hydrogen) atoms. The van der Waals surface area contributed by atoms with Crippen molar-refractivity contribution in [2.75, 3.05) is 26.2 Å². The van der Waals surface area contributed by atoms with Crippen LogP contribution in [0.25, 0.3) is 21.5 Å². The molecule has 5 heterocycles. The van der Waals surface area contributed by atoms with Crippen molar-refractivity contribution in [1.29, 1.82) is 0 Å². The molecule has 0 radical (unpaired) electrons. The van der Waals surface area contributed by atoms with Crippen LogP contribution in [-0.4, -0.2) is 75.5 Å². The second-order valence-corrected chi connectivity index (χ2v) is 15.3. The molecule has 1 aromatic carbocycles. The van der Waals surface area contributed by atoms with Crippen molar-refractivity contribution in [2.24, 2.45) is 0 Å². The van der Waals surface area contributed by atoms with Crippen LogP contribution < -0.4 is 0 Å². The minimum absolute atomic E-state index is 0.233. The van der Waals surface area contributed by atoms with E-state index < -0.39 is 11.0 Å². The molecule has 3 aliphatic heterocycles. The van der Waals surface area contributed by atoms with E-state index in [1.165, 1.54) is 27.6 Å². The number of thiophene rings is 1. The third-order valence-corrected chi connectivity index (χ3v) is 10.7. The number of nitrogens with one attached hydrogen (secondary N) is 1. The molecule has 3 fully saturated rings. The van der Waals surface area contributed by atoms with Gasteiger partial charge >= 0.3 is 6.09 Å². The minimum Gasteiger partial charge on any atom is -0.444 e. The number of H-pyrrole nitrogens is 1. The molecule has 0 atom stereocenters. The Labute approximate surface area is 254 Å². The second kappa shape index (κ2) is 10.7. The van der Waals surface area contributed by atoms with Crippen molar-refractivity contribution in [2.45, 2.75) is 104 Å². The first-order valence-electron chi connectivity index (χ1n) is 15.6. The molecule has 1 N–H and O–H groups in total. The number of benzene rings is 1. The lowest BCUT2D eigenvalue weighted by molar-refractivity contribution is -0.137. The number of amides is 2. The smallest absolute Gasteiger partial charge is 0.410 e. The van der Waals surface area contributed by atoms with Crippen LogP contribution in [-0.2, 0) is 21.5 Å². The van der Waals surface area contributed by atoms with E-state index in [4.69, 9.17) is 4.74 Å². The fraction of sp³-hybridized carbons (Fsp3) is 0.588. The van der Waals surface area contributed by atoms with Gasteiger partial charge in [-0.3, -0.25) is 9.69 Å². The number of fused-ring (bicyclic) bond motifs is 3. The van der Waals surface area contributed by atoms with Gasteiger partial charge in [0, 0.05) is 60.6 Å². The van der Waals surface area contributed by atoms with Gasteiger partial charge in [0.25, 0.3) is 0 Å². The van der Waals surface area contributed by atoms with Crippen LogP contribution in [0.1, 0.15) is 81.9 Å². The van der Waals surface area contributed by atoms with Gasteiger partial charge in [0.1, 0.15) is 10.4 Å². The van der Waals surface area contributed by atoms with Crippen LogP contribution in [0.4, 0.5) is 4.79 Å². The predicted molar refractivity (Wildman–Crippen MR) is 170 cm³/mol. The Kier molecular flexibility index (Phi) is 7.45. The molecule has 3 aliphatic rings. The molecule has 226 valence electrons. The number of piperazine rings is 1. The molecule has 2 aromatic heterocycles. The van der Waals surface area contributed by atoms with Gasteiger partial charge in [0.2, 0.25) is 5.91 Å². The minimum atomic E-state index is -0.563. The second-order valence-electron chi connectivity index (χ2n) is 14.3. The number of rotatable bonds is 5. The molecule has 3 aromatic rings. The maximum atomic E-state index is 13.9. The Hall–Kier alpha value is -2.84. The monoisotopic (exact) mass is 590 g/mol. The van der Waals surface area contributed by atoms with E-state index in [1.807, 2.05) is 25.7 Å². The van der Waals surface area contributed by atoms with Gasteiger partial charge in [-0.05, 0) is 97.9 Å². The Bertz CT molecular complexity index is 1460. The topological polar surface area (TPSA) is 68.9 Å². The number of ether oxygens (including phenoxy) is 1.